The van der Waals surface area contributed by atoms with E-state index in [4.69, 9.17) is 0 Å². The molecule has 21 heavy (non-hydrogen) atoms. The lowest BCUT2D eigenvalue weighted by atomic mass is 10.0. The molecule has 0 saturated carbocycles. The van der Waals surface area contributed by atoms with Crippen molar-refractivity contribution in [1.82, 2.24) is 4.98 Å². The van der Waals surface area contributed by atoms with Gasteiger partial charge in [0.25, 0.3) is 10.1 Å². The maximum Gasteiger partial charge on any atom is 0.295 e. The van der Waals surface area contributed by atoms with Crippen LogP contribution >= 0.6 is 12.4 Å². The molecule has 0 fully saturated rings. The second-order valence-corrected chi connectivity index (χ2v) is 5.80. The van der Waals surface area contributed by atoms with Crippen molar-refractivity contribution < 1.29 is 13.0 Å². The molecule has 0 aliphatic heterocycles. The van der Waals surface area contributed by atoms with Crippen LogP contribution in [0.1, 0.15) is 0 Å². The molecule has 1 N–H and O–H groups in total. The third-order valence-corrected chi connectivity index (χ3v) is 3.99. The molecule has 3 rings (SSSR count). The van der Waals surface area contributed by atoms with Crippen molar-refractivity contribution in [2.24, 2.45) is 0 Å². The van der Waals surface area contributed by atoms with Gasteiger partial charge in [-0.2, -0.15) is 8.42 Å². The van der Waals surface area contributed by atoms with Gasteiger partial charge in [-0.1, -0.05) is 30.3 Å². The minimum absolute atomic E-state index is 0. The topological polar surface area (TPSA) is 67.3 Å². The Morgan fingerprint density at radius 2 is 1.67 bits per heavy atom. The van der Waals surface area contributed by atoms with Crippen LogP contribution in [0.2, 0.25) is 0 Å². The summed E-state index contributed by atoms with van der Waals surface area (Å²) in [5.41, 5.74) is 1.60. The summed E-state index contributed by atoms with van der Waals surface area (Å²) in [6, 6.07) is 14.3. The minimum Gasteiger partial charge on any atom is -0.282 e. The Bertz CT molecular complexity index is 880. The molecule has 1 heterocycles. The lowest BCUT2D eigenvalue weighted by molar-refractivity contribution is 0.484. The van der Waals surface area contributed by atoms with E-state index in [0.717, 1.165) is 11.1 Å². The van der Waals surface area contributed by atoms with E-state index in [1.807, 2.05) is 36.4 Å². The Morgan fingerprint density at radius 1 is 0.952 bits per heavy atom. The summed E-state index contributed by atoms with van der Waals surface area (Å²) >= 11 is 0. The molecular weight excluding hydrogens is 310 g/mol. The van der Waals surface area contributed by atoms with Gasteiger partial charge < -0.3 is 0 Å². The molecule has 0 aliphatic rings. The molecule has 0 saturated heterocycles. The number of benzene rings is 2. The number of aromatic nitrogens is 1. The average Bonchev–Trinajstić information content (AvgIpc) is 2.46. The molecule has 0 atom stereocenters. The van der Waals surface area contributed by atoms with Gasteiger partial charge in [0.05, 0.1) is 0 Å². The highest BCUT2D eigenvalue weighted by molar-refractivity contribution is 7.86. The predicted octanol–water partition coefficient (Wildman–Crippen LogP) is 3.57. The van der Waals surface area contributed by atoms with Gasteiger partial charge in [-0.3, -0.25) is 9.54 Å². The maximum absolute atomic E-state index is 11.6. The summed E-state index contributed by atoms with van der Waals surface area (Å²) in [6.45, 7) is 0. The fraction of sp³-hybridized carbons (Fsp3) is 0. The minimum atomic E-state index is -4.29. The molecule has 0 amide bonds. The number of rotatable bonds is 2. The largest absolute Gasteiger partial charge is 0.295 e. The molecule has 6 heteroatoms. The van der Waals surface area contributed by atoms with Gasteiger partial charge >= 0.3 is 0 Å². The van der Waals surface area contributed by atoms with E-state index in [-0.39, 0.29) is 17.3 Å². The maximum atomic E-state index is 11.6. The average molecular weight is 322 g/mol. The SMILES string of the molecule is Cl.O=S(=O)(O)c1cc(-c2ccccc2)cc2cnccc12. The van der Waals surface area contributed by atoms with Crippen LogP contribution in [0.3, 0.4) is 0 Å². The van der Waals surface area contributed by atoms with Crippen LogP contribution in [-0.4, -0.2) is 18.0 Å². The Morgan fingerprint density at radius 3 is 2.33 bits per heavy atom. The lowest BCUT2D eigenvalue weighted by Crippen LogP contribution is -2.00. The van der Waals surface area contributed by atoms with Crippen molar-refractivity contribution in [2.75, 3.05) is 0 Å². The third-order valence-electron chi connectivity index (χ3n) is 3.10. The van der Waals surface area contributed by atoms with Crippen molar-refractivity contribution in [3.8, 4) is 11.1 Å². The van der Waals surface area contributed by atoms with Crippen LogP contribution in [0, 0.1) is 0 Å². The first-order valence-electron chi connectivity index (χ1n) is 5.96. The molecular formula is C15H12ClNO3S. The number of hydrogen-bond acceptors (Lipinski definition) is 3. The van der Waals surface area contributed by atoms with Crippen LogP contribution in [0.5, 0.6) is 0 Å². The Kier molecular flexibility index (Phi) is 4.27. The highest BCUT2D eigenvalue weighted by atomic mass is 35.5. The van der Waals surface area contributed by atoms with E-state index in [2.05, 4.69) is 4.98 Å². The standard InChI is InChI=1S/C15H11NO3S.ClH/c17-20(18,19)15-9-12(11-4-2-1-3-5-11)8-13-10-16-7-6-14(13)15;/h1-10H,(H,17,18,19);1H. The molecule has 1 aromatic heterocycles. The highest BCUT2D eigenvalue weighted by Crippen LogP contribution is 2.29. The predicted molar refractivity (Wildman–Crippen MR) is 84.2 cm³/mol. The van der Waals surface area contributed by atoms with Crippen molar-refractivity contribution in [1.29, 1.82) is 0 Å². The summed E-state index contributed by atoms with van der Waals surface area (Å²) in [5, 5.41) is 1.13. The van der Waals surface area contributed by atoms with Crippen LogP contribution < -0.4 is 0 Å². The monoisotopic (exact) mass is 321 g/mol. The van der Waals surface area contributed by atoms with Gasteiger partial charge in [0, 0.05) is 23.2 Å². The smallest absolute Gasteiger partial charge is 0.282 e. The zero-order valence-electron chi connectivity index (χ0n) is 10.8. The lowest BCUT2D eigenvalue weighted by Gasteiger charge is -2.08. The third kappa shape index (κ3) is 3.05. The van der Waals surface area contributed by atoms with Crippen molar-refractivity contribution >= 4 is 33.3 Å². The van der Waals surface area contributed by atoms with Gasteiger partial charge in [0.2, 0.25) is 0 Å². The van der Waals surface area contributed by atoms with Crippen LogP contribution in [0.25, 0.3) is 21.9 Å². The molecule has 0 radical (unpaired) electrons. The Hall–Kier alpha value is -1.95. The fourth-order valence-electron chi connectivity index (χ4n) is 2.18. The molecule has 0 bridgehead atoms. The number of halogens is 1. The first kappa shape index (κ1) is 15.4. The molecule has 3 aromatic rings. The Labute approximate surface area is 128 Å². The van der Waals surface area contributed by atoms with E-state index in [0.29, 0.717) is 10.8 Å². The zero-order valence-corrected chi connectivity index (χ0v) is 12.4. The van der Waals surface area contributed by atoms with Gasteiger partial charge in [-0.05, 0) is 29.3 Å². The molecule has 4 nitrogen and oxygen atoms in total. The molecule has 108 valence electrons. The summed E-state index contributed by atoms with van der Waals surface area (Å²) in [5.74, 6) is 0. The van der Waals surface area contributed by atoms with E-state index < -0.39 is 10.1 Å². The number of fused-ring (bicyclic) bond motifs is 1. The fourth-order valence-corrected chi connectivity index (χ4v) is 2.92. The van der Waals surface area contributed by atoms with E-state index in [9.17, 15) is 13.0 Å². The quantitative estimate of drug-likeness (QED) is 0.733. The van der Waals surface area contributed by atoms with E-state index in [1.54, 1.807) is 12.3 Å². The molecule has 2 aromatic carbocycles. The number of hydrogen-bond donors (Lipinski definition) is 1. The van der Waals surface area contributed by atoms with Crippen molar-refractivity contribution in [2.45, 2.75) is 4.90 Å². The molecule has 0 aliphatic carbocycles. The van der Waals surface area contributed by atoms with Crippen LogP contribution in [0.15, 0.2) is 65.8 Å². The second kappa shape index (κ2) is 5.81. The summed E-state index contributed by atoms with van der Waals surface area (Å²) in [7, 11) is -4.29. The van der Waals surface area contributed by atoms with E-state index in [1.165, 1.54) is 12.3 Å². The summed E-state index contributed by atoms with van der Waals surface area (Å²) < 4.78 is 32.5. The second-order valence-electron chi connectivity index (χ2n) is 4.41. The first-order chi connectivity index (χ1) is 9.55. The highest BCUT2D eigenvalue weighted by Gasteiger charge is 2.16. The van der Waals surface area contributed by atoms with Crippen molar-refractivity contribution in [3.05, 3.63) is 60.9 Å². The first-order valence-corrected chi connectivity index (χ1v) is 7.40. The Balaban J connectivity index is 0.00000161. The molecule has 0 spiro atoms. The summed E-state index contributed by atoms with van der Waals surface area (Å²) in [4.78, 5) is 3.89. The van der Waals surface area contributed by atoms with Crippen LogP contribution in [-0.2, 0) is 10.1 Å². The number of pyridine rings is 1. The van der Waals surface area contributed by atoms with E-state index >= 15 is 0 Å². The number of nitrogens with zero attached hydrogens (tertiary/aromatic N) is 1. The zero-order chi connectivity index (χ0) is 14.2. The normalized spacial score (nSPS) is 11.1. The van der Waals surface area contributed by atoms with Crippen molar-refractivity contribution in [3.63, 3.8) is 0 Å². The van der Waals surface area contributed by atoms with Gasteiger partial charge in [0.15, 0.2) is 0 Å². The van der Waals surface area contributed by atoms with Gasteiger partial charge in [0.1, 0.15) is 4.90 Å². The van der Waals surface area contributed by atoms with Gasteiger partial charge in [-0.15, -0.1) is 12.4 Å². The molecule has 0 unspecified atom stereocenters. The summed E-state index contributed by atoms with van der Waals surface area (Å²) in [6.07, 6.45) is 3.08. The van der Waals surface area contributed by atoms with Crippen LogP contribution in [0.4, 0.5) is 0 Å². The van der Waals surface area contributed by atoms with Gasteiger partial charge in [-0.25, -0.2) is 0 Å².